The Balaban J connectivity index is 3.27. The van der Waals surface area contributed by atoms with E-state index in [0.717, 1.165) is 5.56 Å². The Hall–Kier alpha value is -1.55. The van der Waals surface area contributed by atoms with Crippen LogP contribution in [0.4, 0.5) is 0 Å². The molecule has 0 aliphatic heterocycles. The molecule has 0 saturated heterocycles. The van der Waals surface area contributed by atoms with Crippen molar-refractivity contribution >= 4 is 5.78 Å². The van der Waals surface area contributed by atoms with Gasteiger partial charge < -0.3 is 15.2 Å². The summed E-state index contributed by atoms with van der Waals surface area (Å²) in [5.41, 5.74) is 7.11. The predicted octanol–water partition coefficient (Wildman–Crippen LogP) is 2.43. The molecule has 0 bridgehead atoms. The second kappa shape index (κ2) is 6.57. The molecule has 0 aliphatic carbocycles. The van der Waals surface area contributed by atoms with Crippen molar-refractivity contribution in [3.63, 3.8) is 0 Å². The van der Waals surface area contributed by atoms with Crippen LogP contribution < -0.4 is 15.2 Å². The van der Waals surface area contributed by atoms with Crippen molar-refractivity contribution in [3.8, 4) is 11.5 Å². The highest BCUT2D eigenvalue weighted by Gasteiger charge is 2.26. The second-order valence-electron chi connectivity index (χ2n) is 4.92. The van der Waals surface area contributed by atoms with E-state index in [1.165, 1.54) is 0 Å². The standard InChI is InChI=1S/C15H23NO3/c1-9(2)12(8-16)14(17)11-6-7-13(18-4)10(3)15(11)19-5/h6-7,9,12H,8,16H2,1-5H3. The van der Waals surface area contributed by atoms with Crippen LogP contribution in [0, 0.1) is 18.8 Å². The number of carbonyl (C=O) groups is 1. The predicted molar refractivity (Wildman–Crippen MR) is 76.0 cm³/mol. The average molecular weight is 265 g/mol. The van der Waals surface area contributed by atoms with E-state index < -0.39 is 0 Å². The van der Waals surface area contributed by atoms with Gasteiger partial charge in [0.1, 0.15) is 11.5 Å². The third-order valence-electron chi connectivity index (χ3n) is 3.44. The zero-order chi connectivity index (χ0) is 14.6. The van der Waals surface area contributed by atoms with Crippen LogP contribution in [0.25, 0.3) is 0 Å². The minimum atomic E-state index is -0.193. The van der Waals surface area contributed by atoms with Crippen molar-refractivity contribution < 1.29 is 14.3 Å². The molecule has 1 aromatic rings. The number of nitrogens with two attached hydrogens (primary N) is 1. The molecule has 4 heteroatoms. The van der Waals surface area contributed by atoms with Crippen LogP contribution in [0.15, 0.2) is 12.1 Å². The second-order valence-corrected chi connectivity index (χ2v) is 4.92. The first-order chi connectivity index (χ1) is 8.97. The number of methoxy groups -OCH3 is 2. The molecule has 2 N–H and O–H groups in total. The maximum atomic E-state index is 12.5. The fourth-order valence-corrected chi connectivity index (χ4v) is 2.23. The quantitative estimate of drug-likeness (QED) is 0.802. The van der Waals surface area contributed by atoms with Crippen LogP contribution in [0.2, 0.25) is 0 Å². The average Bonchev–Trinajstić information content (AvgIpc) is 2.38. The number of ketones is 1. The van der Waals surface area contributed by atoms with Crippen LogP contribution >= 0.6 is 0 Å². The lowest BCUT2D eigenvalue weighted by atomic mass is 9.87. The highest BCUT2D eigenvalue weighted by molar-refractivity contribution is 6.01. The summed E-state index contributed by atoms with van der Waals surface area (Å²) < 4.78 is 10.6. The SMILES string of the molecule is COc1ccc(C(=O)C(CN)C(C)C)c(OC)c1C. The Morgan fingerprint density at radius 2 is 1.89 bits per heavy atom. The van der Waals surface area contributed by atoms with E-state index >= 15 is 0 Å². The Kier molecular flexibility index (Phi) is 5.36. The summed E-state index contributed by atoms with van der Waals surface area (Å²) in [6, 6.07) is 3.54. The summed E-state index contributed by atoms with van der Waals surface area (Å²) in [7, 11) is 3.16. The first-order valence-corrected chi connectivity index (χ1v) is 6.43. The molecule has 0 spiro atoms. The summed E-state index contributed by atoms with van der Waals surface area (Å²) in [6.07, 6.45) is 0. The first-order valence-electron chi connectivity index (χ1n) is 6.43. The summed E-state index contributed by atoms with van der Waals surface area (Å²) in [5.74, 6) is 1.32. The maximum Gasteiger partial charge on any atom is 0.171 e. The molecule has 0 heterocycles. The number of benzene rings is 1. The van der Waals surface area contributed by atoms with Gasteiger partial charge in [0.05, 0.1) is 19.8 Å². The van der Waals surface area contributed by atoms with Crippen LogP contribution in [0.3, 0.4) is 0 Å². The Morgan fingerprint density at radius 1 is 1.26 bits per heavy atom. The van der Waals surface area contributed by atoms with E-state index in [9.17, 15) is 4.79 Å². The van der Waals surface area contributed by atoms with Crippen LogP contribution in [-0.2, 0) is 0 Å². The summed E-state index contributed by atoms with van der Waals surface area (Å²) in [4.78, 5) is 12.5. The molecule has 1 aromatic carbocycles. The lowest BCUT2D eigenvalue weighted by Gasteiger charge is -2.20. The molecular weight excluding hydrogens is 242 g/mol. The Labute approximate surface area is 114 Å². The number of ether oxygens (including phenoxy) is 2. The molecule has 0 radical (unpaired) electrons. The van der Waals surface area contributed by atoms with E-state index in [4.69, 9.17) is 15.2 Å². The molecule has 0 amide bonds. The van der Waals surface area contributed by atoms with Gasteiger partial charge in [-0.25, -0.2) is 0 Å². The fraction of sp³-hybridized carbons (Fsp3) is 0.533. The lowest BCUT2D eigenvalue weighted by molar-refractivity contribution is 0.0888. The minimum Gasteiger partial charge on any atom is -0.496 e. The normalized spacial score (nSPS) is 12.4. The summed E-state index contributed by atoms with van der Waals surface area (Å²) >= 11 is 0. The number of rotatable bonds is 6. The molecule has 0 fully saturated rings. The highest BCUT2D eigenvalue weighted by atomic mass is 16.5. The van der Waals surface area contributed by atoms with Crippen molar-refractivity contribution in [1.29, 1.82) is 0 Å². The van der Waals surface area contributed by atoms with Gasteiger partial charge in [0.15, 0.2) is 5.78 Å². The molecule has 0 saturated carbocycles. The molecule has 0 aliphatic rings. The van der Waals surface area contributed by atoms with Gasteiger partial charge in [-0.2, -0.15) is 0 Å². The summed E-state index contributed by atoms with van der Waals surface area (Å²) in [6.45, 7) is 6.21. The minimum absolute atomic E-state index is 0.0279. The van der Waals surface area contributed by atoms with Gasteiger partial charge in [-0.1, -0.05) is 13.8 Å². The number of Topliss-reactive ketones (excluding diaryl/α,β-unsaturated/α-hetero) is 1. The smallest absolute Gasteiger partial charge is 0.171 e. The third-order valence-corrected chi connectivity index (χ3v) is 3.44. The Bertz CT molecular complexity index is 455. The monoisotopic (exact) mass is 265 g/mol. The topological polar surface area (TPSA) is 61.5 Å². The number of hydrogen-bond donors (Lipinski definition) is 1. The molecule has 19 heavy (non-hydrogen) atoms. The van der Waals surface area contributed by atoms with Gasteiger partial charge in [0.25, 0.3) is 0 Å². The number of carbonyl (C=O) groups excluding carboxylic acids is 1. The summed E-state index contributed by atoms with van der Waals surface area (Å²) in [5, 5.41) is 0. The molecule has 1 rings (SSSR count). The largest absolute Gasteiger partial charge is 0.496 e. The maximum absolute atomic E-state index is 12.5. The molecule has 4 nitrogen and oxygen atoms in total. The van der Waals surface area contributed by atoms with Crippen molar-refractivity contribution in [2.75, 3.05) is 20.8 Å². The Morgan fingerprint density at radius 3 is 2.32 bits per heavy atom. The van der Waals surface area contributed by atoms with E-state index in [1.807, 2.05) is 20.8 Å². The molecular formula is C15H23NO3. The molecule has 1 atom stereocenters. The number of hydrogen-bond acceptors (Lipinski definition) is 4. The van der Waals surface area contributed by atoms with Gasteiger partial charge in [0, 0.05) is 18.0 Å². The zero-order valence-electron chi connectivity index (χ0n) is 12.3. The molecule has 106 valence electrons. The van der Waals surface area contributed by atoms with Gasteiger partial charge in [-0.05, 0) is 25.0 Å². The van der Waals surface area contributed by atoms with Gasteiger partial charge in [0.2, 0.25) is 0 Å². The van der Waals surface area contributed by atoms with Crippen LogP contribution in [0.1, 0.15) is 29.8 Å². The van der Waals surface area contributed by atoms with Crippen molar-refractivity contribution in [1.82, 2.24) is 0 Å². The fourth-order valence-electron chi connectivity index (χ4n) is 2.23. The van der Waals surface area contributed by atoms with Crippen molar-refractivity contribution in [3.05, 3.63) is 23.3 Å². The highest BCUT2D eigenvalue weighted by Crippen LogP contribution is 2.33. The van der Waals surface area contributed by atoms with Gasteiger partial charge in [-0.15, -0.1) is 0 Å². The van der Waals surface area contributed by atoms with Crippen LogP contribution in [0.5, 0.6) is 11.5 Å². The van der Waals surface area contributed by atoms with Gasteiger partial charge in [-0.3, -0.25) is 4.79 Å². The van der Waals surface area contributed by atoms with E-state index in [2.05, 4.69) is 0 Å². The van der Waals surface area contributed by atoms with E-state index in [0.29, 0.717) is 23.6 Å². The van der Waals surface area contributed by atoms with Crippen molar-refractivity contribution in [2.24, 2.45) is 17.6 Å². The first kappa shape index (κ1) is 15.5. The third kappa shape index (κ3) is 3.07. The van der Waals surface area contributed by atoms with Gasteiger partial charge >= 0.3 is 0 Å². The zero-order valence-corrected chi connectivity index (χ0v) is 12.3. The molecule has 0 aromatic heterocycles. The van der Waals surface area contributed by atoms with Crippen molar-refractivity contribution in [2.45, 2.75) is 20.8 Å². The molecule has 1 unspecified atom stereocenters. The lowest BCUT2D eigenvalue weighted by Crippen LogP contribution is -2.28. The van der Waals surface area contributed by atoms with E-state index in [-0.39, 0.29) is 17.6 Å². The van der Waals surface area contributed by atoms with E-state index in [1.54, 1.807) is 26.4 Å². The van der Waals surface area contributed by atoms with Crippen LogP contribution in [-0.4, -0.2) is 26.5 Å².